The quantitative estimate of drug-likeness (QED) is 0.629. The number of benzene rings is 2. The molecule has 0 spiro atoms. The molecule has 6 heteroatoms. The number of pyridine rings is 1. The van der Waals surface area contributed by atoms with E-state index in [4.69, 9.17) is 0 Å². The van der Waals surface area contributed by atoms with Gasteiger partial charge >= 0.3 is 0 Å². The number of aromatic nitrogens is 1. The zero-order chi connectivity index (χ0) is 20.1. The van der Waals surface area contributed by atoms with E-state index in [2.05, 4.69) is 9.88 Å². The maximum atomic E-state index is 13.0. The Morgan fingerprint density at radius 2 is 1.41 bits per heavy atom. The van der Waals surface area contributed by atoms with E-state index in [0.717, 1.165) is 42.9 Å². The molecule has 29 heavy (non-hydrogen) atoms. The lowest BCUT2D eigenvalue weighted by Gasteiger charge is -2.33. The second-order valence-electron chi connectivity index (χ2n) is 7.21. The lowest BCUT2D eigenvalue weighted by atomic mass is 10.1. The van der Waals surface area contributed by atoms with E-state index in [1.165, 1.54) is 0 Å². The molecule has 5 nitrogen and oxygen atoms in total. The van der Waals surface area contributed by atoms with Crippen LogP contribution in [0.3, 0.4) is 0 Å². The van der Waals surface area contributed by atoms with Gasteiger partial charge in [-0.15, -0.1) is 0 Å². The molecule has 0 saturated carbocycles. The van der Waals surface area contributed by atoms with Crippen LogP contribution >= 0.6 is 0 Å². The third-order valence-corrected chi connectivity index (χ3v) is 7.25. The van der Waals surface area contributed by atoms with Gasteiger partial charge in [0.1, 0.15) is 0 Å². The highest BCUT2D eigenvalue weighted by Crippen LogP contribution is 2.23. The summed E-state index contributed by atoms with van der Waals surface area (Å²) in [5.41, 5.74) is 3.17. The molecule has 0 amide bonds. The molecule has 0 atom stereocenters. The molecule has 0 aliphatic carbocycles. The number of hydrogen-bond acceptors (Lipinski definition) is 4. The lowest BCUT2D eigenvalue weighted by molar-refractivity contribution is 0.190. The van der Waals surface area contributed by atoms with Crippen LogP contribution in [0.1, 0.15) is 5.69 Å². The van der Waals surface area contributed by atoms with Gasteiger partial charge in [-0.1, -0.05) is 48.5 Å². The van der Waals surface area contributed by atoms with E-state index >= 15 is 0 Å². The Kier molecular flexibility index (Phi) is 6.04. The number of rotatable bonds is 6. The third kappa shape index (κ3) is 4.72. The summed E-state index contributed by atoms with van der Waals surface area (Å²) in [6.07, 6.45) is 2.69. The molecule has 3 aromatic rings. The average molecular weight is 408 g/mol. The Morgan fingerprint density at radius 3 is 2.07 bits per heavy atom. The van der Waals surface area contributed by atoms with Crippen LogP contribution in [0.5, 0.6) is 0 Å². The Labute approximate surface area is 172 Å². The van der Waals surface area contributed by atoms with Crippen molar-refractivity contribution in [1.82, 2.24) is 14.2 Å². The molecule has 1 aromatic heterocycles. The predicted molar refractivity (Wildman–Crippen MR) is 115 cm³/mol. The fourth-order valence-corrected chi connectivity index (χ4v) is 5.03. The van der Waals surface area contributed by atoms with Crippen LogP contribution in [-0.4, -0.2) is 55.3 Å². The van der Waals surface area contributed by atoms with Crippen molar-refractivity contribution in [3.05, 3.63) is 84.7 Å². The largest absolute Gasteiger partial charge is 0.300 e. The van der Waals surface area contributed by atoms with Gasteiger partial charge in [0.25, 0.3) is 0 Å². The molecule has 1 saturated heterocycles. The zero-order valence-corrected chi connectivity index (χ0v) is 17.1. The summed E-state index contributed by atoms with van der Waals surface area (Å²) in [6.45, 7) is 3.43. The molecule has 4 rings (SSSR count). The number of sulfonamides is 1. The first kappa shape index (κ1) is 19.8. The standard InChI is InChI=1S/C23H25N3O2S/c27-29(28,23-11-9-21(10-12-23)20-6-2-1-3-7-20)26-18-16-25(17-19-26)15-13-22-8-4-5-14-24-22/h1-12,14H,13,15-19H2. The first-order chi connectivity index (χ1) is 14.1. The van der Waals surface area contributed by atoms with Gasteiger partial charge in [0.15, 0.2) is 0 Å². The molecule has 2 aromatic carbocycles. The second kappa shape index (κ2) is 8.86. The highest BCUT2D eigenvalue weighted by Gasteiger charge is 2.28. The van der Waals surface area contributed by atoms with Gasteiger partial charge in [-0.3, -0.25) is 4.98 Å². The molecular formula is C23H25N3O2S. The van der Waals surface area contributed by atoms with Crippen molar-refractivity contribution in [2.45, 2.75) is 11.3 Å². The maximum Gasteiger partial charge on any atom is 0.243 e. The first-order valence-electron chi connectivity index (χ1n) is 9.91. The van der Waals surface area contributed by atoms with Gasteiger partial charge in [0.05, 0.1) is 4.90 Å². The summed E-state index contributed by atoms with van der Waals surface area (Å²) in [5.74, 6) is 0. The molecule has 1 fully saturated rings. The van der Waals surface area contributed by atoms with Crippen molar-refractivity contribution in [3.63, 3.8) is 0 Å². The van der Waals surface area contributed by atoms with Crippen LogP contribution in [0, 0.1) is 0 Å². The molecule has 2 heterocycles. The lowest BCUT2D eigenvalue weighted by Crippen LogP contribution is -2.49. The van der Waals surface area contributed by atoms with Gasteiger partial charge in [0.2, 0.25) is 10.0 Å². The predicted octanol–water partition coefficient (Wildman–Crippen LogP) is 3.30. The van der Waals surface area contributed by atoms with Crippen LogP contribution < -0.4 is 0 Å². The molecule has 0 N–H and O–H groups in total. The Hall–Kier alpha value is -2.54. The van der Waals surface area contributed by atoms with E-state index in [9.17, 15) is 8.42 Å². The molecule has 0 radical (unpaired) electrons. The van der Waals surface area contributed by atoms with E-state index in [1.807, 2.05) is 66.9 Å². The average Bonchev–Trinajstić information content (AvgIpc) is 2.79. The van der Waals surface area contributed by atoms with Crippen LogP contribution in [0.4, 0.5) is 0 Å². The normalized spacial score (nSPS) is 16.0. The van der Waals surface area contributed by atoms with Gasteiger partial charge in [0, 0.05) is 51.0 Å². The minimum atomic E-state index is -3.46. The van der Waals surface area contributed by atoms with Crippen LogP contribution in [-0.2, 0) is 16.4 Å². The van der Waals surface area contributed by atoms with E-state index in [1.54, 1.807) is 16.4 Å². The molecule has 0 bridgehead atoms. The van der Waals surface area contributed by atoms with Crippen LogP contribution in [0.15, 0.2) is 83.9 Å². The number of hydrogen-bond donors (Lipinski definition) is 0. The third-order valence-electron chi connectivity index (χ3n) is 5.34. The molecule has 1 aliphatic heterocycles. The zero-order valence-electron chi connectivity index (χ0n) is 16.3. The van der Waals surface area contributed by atoms with Crippen molar-refractivity contribution in [2.24, 2.45) is 0 Å². The Balaban J connectivity index is 1.36. The highest BCUT2D eigenvalue weighted by atomic mass is 32.2. The van der Waals surface area contributed by atoms with Gasteiger partial charge in [-0.25, -0.2) is 8.42 Å². The minimum Gasteiger partial charge on any atom is -0.300 e. The van der Waals surface area contributed by atoms with Crippen molar-refractivity contribution in [3.8, 4) is 11.1 Å². The molecule has 0 unspecified atom stereocenters. The van der Waals surface area contributed by atoms with Gasteiger partial charge in [-0.2, -0.15) is 4.31 Å². The summed E-state index contributed by atoms with van der Waals surface area (Å²) >= 11 is 0. The molecule has 150 valence electrons. The summed E-state index contributed by atoms with van der Waals surface area (Å²) < 4.78 is 27.6. The maximum absolute atomic E-state index is 13.0. The van der Waals surface area contributed by atoms with Gasteiger partial charge in [-0.05, 0) is 35.4 Å². The smallest absolute Gasteiger partial charge is 0.243 e. The molecule has 1 aliphatic rings. The number of nitrogens with zero attached hydrogens (tertiary/aromatic N) is 3. The summed E-state index contributed by atoms with van der Waals surface area (Å²) in [7, 11) is -3.46. The Bertz CT molecular complexity index is 1010. The molecular weight excluding hydrogens is 382 g/mol. The van der Waals surface area contributed by atoms with Crippen molar-refractivity contribution in [1.29, 1.82) is 0 Å². The fraction of sp³-hybridized carbons (Fsp3) is 0.261. The van der Waals surface area contributed by atoms with Gasteiger partial charge < -0.3 is 4.90 Å². The SMILES string of the molecule is O=S(=O)(c1ccc(-c2ccccc2)cc1)N1CCN(CCc2ccccn2)CC1. The fourth-order valence-electron chi connectivity index (χ4n) is 3.61. The van der Waals surface area contributed by atoms with Crippen molar-refractivity contribution < 1.29 is 8.42 Å². The Morgan fingerprint density at radius 1 is 0.759 bits per heavy atom. The minimum absolute atomic E-state index is 0.360. The number of piperazine rings is 1. The highest BCUT2D eigenvalue weighted by molar-refractivity contribution is 7.89. The summed E-state index contributed by atoms with van der Waals surface area (Å²) in [5, 5.41) is 0. The second-order valence-corrected chi connectivity index (χ2v) is 9.15. The van der Waals surface area contributed by atoms with E-state index in [0.29, 0.717) is 18.0 Å². The van der Waals surface area contributed by atoms with E-state index in [-0.39, 0.29) is 0 Å². The van der Waals surface area contributed by atoms with Crippen molar-refractivity contribution in [2.75, 3.05) is 32.7 Å². The summed E-state index contributed by atoms with van der Waals surface area (Å²) in [4.78, 5) is 7.02. The summed E-state index contributed by atoms with van der Waals surface area (Å²) in [6, 6.07) is 23.1. The van der Waals surface area contributed by atoms with Crippen LogP contribution in [0.25, 0.3) is 11.1 Å². The monoisotopic (exact) mass is 407 g/mol. The van der Waals surface area contributed by atoms with Crippen molar-refractivity contribution >= 4 is 10.0 Å². The first-order valence-corrected chi connectivity index (χ1v) is 11.3. The van der Waals surface area contributed by atoms with Crippen LogP contribution in [0.2, 0.25) is 0 Å². The topological polar surface area (TPSA) is 53.5 Å². The van der Waals surface area contributed by atoms with E-state index < -0.39 is 10.0 Å².